The van der Waals surface area contributed by atoms with Crippen molar-refractivity contribution in [2.24, 2.45) is 0 Å². The smallest absolute Gasteiger partial charge is 0.269 e. The molecule has 1 aliphatic rings. The molecule has 1 aliphatic heterocycles. The third-order valence-electron chi connectivity index (χ3n) is 3.32. The van der Waals surface area contributed by atoms with Gasteiger partial charge >= 0.3 is 0 Å². The minimum Gasteiger partial charge on any atom is -0.382 e. The lowest BCUT2D eigenvalue weighted by Crippen LogP contribution is -2.39. The van der Waals surface area contributed by atoms with Crippen molar-refractivity contribution in [1.82, 2.24) is 5.16 Å². The van der Waals surface area contributed by atoms with Gasteiger partial charge in [-0.25, -0.2) is 8.42 Å². The molecule has 8 heteroatoms. The second kappa shape index (κ2) is 5.57. The molecule has 0 saturated heterocycles. The number of hydrogen-bond donors (Lipinski definition) is 1. The van der Waals surface area contributed by atoms with E-state index in [0.717, 1.165) is 5.69 Å². The van der Waals surface area contributed by atoms with Crippen LogP contribution in [-0.2, 0) is 10.0 Å². The first kappa shape index (κ1) is 15.7. The molecule has 1 N–H and O–H groups in total. The van der Waals surface area contributed by atoms with Gasteiger partial charge in [0.1, 0.15) is 5.69 Å². The van der Waals surface area contributed by atoms with Gasteiger partial charge in [0.15, 0.2) is 10.7 Å². The molecule has 0 saturated carbocycles. The number of sulfonamides is 1. The first-order valence-electron chi connectivity index (χ1n) is 6.30. The summed E-state index contributed by atoms with van der Waals surface area (Å²) in [4.78, 5) is 0.161. The van der Waals surface area contributed by atoms with Crippen molar-refractivity contribution in [3.8, 4) is 0 Å². The highest BCUT2D eigenvalue weighted by Gasteiger charge is 2.33. The number of anilines is 2. The molecule has 114 valence electrons. The van der Waals surface area contributed by atoms with Crippen molar-refractivity contribution in [1.29, 1.82) is 0 Å². The largest absolute Gasteiger partial charge is 0.382 e. The molecule has 0 atom stereocenters. The van der Waals surface area contributed by atoms with E-state index in [4.69, 9.17) is 4.52 Å². The van der Waals surface area contributed by atoms with Crippen LogP contribution >= 0.6 is 12.4 Å². The number of para-hydroxylation sites is 2. The number of fused-ring (bicyclic) bond motifs is 1. The monoisotopic (exact) mass is 329 g/mol. The van der Waals surface area contributed by atoms with Gasteiger partial charge in [0, 0.05) is 6.54 Å². The van der Waals surface area contributed by atoms with Gasteiger partial charge in [-0.05, 0) is 26.0 Å². The fourth-order valence-electron chi connectivity index (χ4n) is 2.46. The highest BCUT2D eigenvalue weighted by Crippen LogP contribution is 2.34. The number of rotatable bonds is 2. The summed E-state index contributed by atoms with van der Waals surface area (Å²) in [6.45, 7) is 4.20. The molecule has 6 nitrogen and oxygen atoms in total. The maximum atomic E-state index is 12.9. The summed E-state index contributed by atoms with van der Waals surface area (Å²) < 4.78 is 32.1. The van der Waals surface area contributed by atoms with Crippen LogP contribution in [0.2, 0.25) is 0 Å². The van der Waals surface area contributed by atoms with E-state index in [9.17, 15) is 8.42 Å². The van der Waals surface area contributed by atoms with Crippen LogP contribution in [0.25, 0.3) is 0 Å². The van der Waals surface area contributed by atoms with E-state index in [1.54, 1.807) is 19.9 Å². The van der Waals surface area contributed by atoms with Crippen LogP contribution in [0, 0.1) is 13.8 Å². The first-order valence-corrected chi connectivity index (χ1v) is 7.74. The van der Waals surface area contributed by atoms with E-state index in [0.29, 0.717) is 30.2 Å². The molecule has 3 rings (SSSR count). The molecule has 0 bridgehead atoms. The van der Waals surface area contributed by atoms with Crippen LogP contribution in [-0.4, -0.2) is 26.7 Å². The average Bonchev–Trinajstić information content (AvgIpc) is 2.78. The van der Waals surface area contributed by atoms with Crippen molar-refractivity contribution >= 4 is 33.8 Å². The van der Waals surface area contributed by atoms with Gasteiger partial charge in [-0.15, -0.1) is 12.4 Å². The average molecular weight is 330 g/mol. The van der Waals surface area contributed by atoms with Gasteiger partial charge < -0.3 is 9.84 Å². The Kier molecular flexibility index (Phi) is 4.15. The van der Waals surface area contributed by atoms with Gasteiger partial charge in [-0.1, -0.05) is 17.3 Å². The quantitative estimate of drug-likeness (QED) is 0.915. The van der Waals surface area contributed by atoms with Crippen LogP contribution in [0.15, 0.2) is 33.7 Å². The zero-order chi connectivity index (χ0) is 14.3. The van der Waals surface area contributed by atoms with E-state index >= 15 is 0 Å². The normalized spacial score (nSPS) is 14.1. The number of hydrogen-bond acceptors (Lipinski definition) is 5. The zero-order valence-corrected chi connectivity index (χ0v) is 13.3. The van der Waals surface area contributed by atoms with Gasteiger partial charge in [0.2, 0.25) is 0 Å². The second-order valence-electron chi connectivity index (χ2n) is 4.67. The standard InChI is InChI=1S/C13H15N3O3S.ClH/c1-9-13(10(2)19-15-9)20(17,18)16-8-7-14-11-5-3-4-6-12(11)16;/h3-6,14H,7-8H2,1-2H3;1H. The lowest BCUT2D eigenvalue weighted by molar-refractivity contribution is 0.390. The molecule has 2 aromatic rings. The summed E-state index contributed by atoms with van der Waals surface area (Å²) in [6.07, 6.45) is 0. The zero-order valence-electron chi connectivity index (χ0n) is 11.7. The van der Waals surface area contributed by atoms with Gasteiger partial charge in [0.05, 0.1) is 17.9 Å². The van der Waals surface area contributed by atoms with Crippen molar-refractivity contribution in [2.45, 2.75) is 18.7 Å². The Hall–Kier alpha value is -1.73. The summed E-state index contributed by atoms with van der Waals surface area (Å²) >= 11 is 0. The molecule has 0 aliphatic carbocycles. The third-order valence-corrected chi connectivity index (χ3v) is 5.38. The molecule has 21 heavy (non-hydrogen) atoms. The molecular weight excluding hydrogens is 314 g/mol. The van der Waals surface area contributed by atoms with Crippen molar-refractivity contribution in [2.75, 3.05) is 22.7 Å². The fraction of sp³-hybridized carbons (Fsp3) is 0.308. The third kappa shape index (κ3) is 2.47. The number of aromatic nitrogens is 1. The molecule has 2 heterocycles. The Morgan fingerprint density at radius 1 is 1.29 bits per heavy atom. The summed E-state index contributed by atoms with van der Waals surface area (Å²) in [5, 5.41) is 6.93. The van der Waals surface area contributed by atoms with Crippen molar-refractivity contribution < 1.29 is 12.9 Å². The molecular formula is C13H16ClN3O3S. The lowest BCUT2D eigenvalue weighted by atomic mass is 10.2. The molecule has 0 spiro atoms. The molecule has 0 amide bonds. The van der Waals surface area contributed by atoms with Crippen LogP contribution in [0.4, 0.5) is 11.4 Å². The van der Waals surface area contributed by atoms with Crippen LogP contribution in [0.3, 0.4) is 0 Å². The van der Waals surface area contributed by atoms with Crippen molar-refractivity contribution in [3.05, 3.63) is 35.7 Å². The van der Waals surface area contributed by atoms with Crippen LogP contribution in [0.1, 0.15) is 11.5 Å². The Bertz CT molecular complexity index is 738. The van der Waals surface area contributed by atoms with E-state index in [2.05, 4.69) is 10.5 Å². The van der Waals surface area contributed by atoms with Crippen LogP contribution in [0.5, 0.6) is 0 Å². The highest BCUT2D eigenvalue weighted by atomic mass is 35.5. The van der Waals surface area contributed by atoms with Crippen molar-refractivity contribution in [3.63, 3.8) is 0 Å². The number of aryl methyl sites for hydroxylation is 2. The van der Waals surface area contributed by atoms with Crippen LogP contribution < -0.4 is 9.62 Å². The van der Waals surface area contributed by atoms with E-state index in [1.165, 1.54) is 4.31 Å². The highest BCUT2D eigenvalue weighted by molar-refractivity contribution is 7.93. The molecule has 0 radical (unpaired) electrons. The molecule has 1 aromatic heterocycles. The molecule has 1 aromatic carbocycles. The SMILES string of the molecule is Cc1noc(C)c1S(=O)(=O)N1CCNc2ccccc21.Cl. The predicted molar refractivity (Wildman–Crippen MR) is 82.7 cm³/mol. The number of halogens is 1. The van der Waals surface area contributed by atoms with E-state index < -0.39 is 10.0 Å². The molecule has 0 fully saturated rings. The Morgan fingerprint density at radius 2 is 2.00 bits per heavy atom. The number of nitrogens with one attached hydrogen (secondary N) is 1. The van der Waals surface area contributed by atoms with E-state index in [-0.39, 0.29) is 17.3 Å². The lowest BCUT2D eigenvalue weighted by Gasteiger charge is -2.30. The van der Waals surface area contributed by atoms with Gasteiger partial charge in [-0.2, -0.15) is 0 Å². The number of nitrogens with zero attached hydrogens (tertiary/aromatic N) is 2. The van der Waals surface area contributed by atoms with E-state index in [1.807, 2.05) is 18.2 Å². The summed E-state index contributed by atoms with van der Waals surface area (Å²) in [5.41, 5.74) is 1.85. The van der Waals surface area contributed by atoms with Gasteiger partial charge in [0.25, 0.3) is 10.0 Å². The Labute approximate surface area is 129 Å². The summed E-state index contributed by atoms with van der Waals surface area (Å²) in [7, 11) is -3.66. The first-order chi connectivity index (χ1) is 9.51. The summed E-state index contributed by atoms with van der Waals surface area (Å²) in [5.74, 6) is 0.318. The fourth-order valence-corrected chi connectivity index (χ4v) is 4.24. The second-order valence-corrected chi connectivity index (χ2v) is 6.47. The molecule has 0 unspecified atom stereocenters. The predicted octanol–water partition coefficient (Wildman–Crippen LogP) is 2.33. The topological polar surface area (TPSA) is 75.4 Å². The minimum atomic E-state index is -3.66. The Balaban J connectivity index is 0.00000161. The summed E-state index contributed by atoms with van der Waals surface area (Å²) in [6, 6.07) is 7.35. The number of benzene rings is 1. The van der Waals surface area contributed by atoms with Gasteiger partial charge in [-0.3, -0.25) is 4.31 Å². The maximum Gasteiger partial charge on any atom is 0.269 e. The maximum absolute atomic E-state index is 12.9. The minimum absolute atomic E-state index is 0. The Morgan fingerprint density at radius 3 is 2.67 bits per heavy atom.